The lowest BCUT2D eigenvalue weighted by atomic mass is 9.94. The van der Waals surface area contributed by atoms with Gasteiger partial charge in [-0.2, -0.15) is 0 Å². The second-order valence-corrected chi connectivity index (χ2v) is 9.39. The Bertz CT molecular complexity index is 926. The lowest BCUT2D eigenvalue weighted by Crippen LogP contribution is -2.57. The van der Waals surface area contributed by atoms with Gasteiger partial charge in [0.25, 0.3) is 5.91 Å². The summed E-state index contributed by atoms with van der Waals surface area (Å²) in [7, 11) is 0. The zero-order valence-electron chi connectivity index (χ0n) is 19.3. The van der Waals surface area contributed by atoms with E-state index in [1.807, 2.05) is 42.2 Å². The SMILES string of the molecule is Cc1ccc(C(=O)N2CCN(C(C(=O)NCc3cccc(C)c3)C3CCCC3)CC2)cc1. The van der Waals surface area contributed by atoms with Crippen LogP contribution in [0.25, 0.3) is 0 Å². The third-order valence-corrected chi connectivity index (χ3v) is 6.96. The fraction of sp³-hybridized carbons (Fsp3) is 0.481. The standard InChI is InChI=1S/C27H35N3O2/c1-20-10-12-24(13-11-20)27(32)30-16-14-29(15-17-30)25(23-8-3-4-9-23)26(31)28-19-22-7-5-6-21(2)18-22/h5-7,10-13,18,23,25H,3-4,8-9,14-17,19H2,1-2H3,(H,28,31). The van der Waals surface area contributed by atoms with E-state index in [0.717, 1.165) is 42.6 Å². The van der Waals surface area contributed by atoms with Crippen molar-refractivity contribution < 1.29 is 9.59 Å². The molecule has 1 unspecified atom stereocenters. The average Bonchev–Trinajstić information content (AvgIpc) is 3.33. The highest BCUT2D eigenvalue weighted by Gasteiger charge is 2.37. The number of carbonyl (C=O) groups excluding carboxylic acids is 2. The number of benzene rings is 2. The number of amides is 2. The number of nitrogens with zero attached hydrogens (tertiary/aromatic N) is 2. The van der Waals surface area contributed by atoms with Crippen LogP contribution in [0.2, 0.25) is 0 Å². The van der Waals surface area contributed by atoms with Gasteiger partial charge in [-0.15, -0.1) is 0 Å². The molecule has 0 spiro atoms. The van der Waals surface area contributed by atoms with E-state index >= 15 is 0 Å². The van der Waals surface area contributed by atoms with Gasteiger partial charge in [0.15, 0.2) is 0 Å². The Labute approximate surface area is 191 Å². The molecule has 1 aliphatic carbocycles. The minimum absolute atomic E-state index is 0.0889. The van der Waals surface area contributed by atoms with Crippen LogP contribution in [-0.4, -0.2) is 53.8 Å². The summed E-state index contributed by atoms with van der Waals surface area (Å²) in [5, 5.41) is 3.20. The molecule has 170 valence electrons. The second-order valence-electron chi connectivity index (χ2n) is 9.39. The number of carbonyl (C=O) groups is 2. The van der Waals surface area contributed by atoms with E-state index < -0.39 is 0 Å². The predicted octanol–water partition coefficient (Wildman–Crippen LogP) is 3.94. The fourth-order valence-corrected chi connectivity index (χ4v) is 5.15. The van der Waals surface area contributed by atoms with E-state index in [4.69, 9.17) is 0 Å². The van der Waals surface area contributed by atoms with Gasteiger partial charge < -0.3 is 10.2 Å². The first kappa shape index (κ1) is 22.5. The van der Waals surface area contributed by atoms with E-state index in [9.17, 15) is 9.59 Å². The number of rotatable bonds is 6. The topological polar surface area (TPSA) is 52.7 Å². The maximum Gasteiger partial charge on any atom is 0.253 e. The second kappa shape index (κ2) is 10.3. The maximum atomic E-state index is 13.3. The van der Waals surface area contributed by atoms with Gasteiger partial charge in [0, 0.05) is 38.3 Å². The minimum atomic E-state index is -0.0982. The molecule has 2 aromatic rings. The van der Waals surface area contributed by atoms with Gasteiger partial charge in [0.1, 0.15) is 0 Å². The quantitative estimate of drug-likeness (QED) is 0.751. The van der Waals surface area contributed by atoms with Crippen molar-refractivity contribution in [1.82, 2.24) is 15.1 Å². The first-order valence-corrected chi connectivity index (χ1v) is 11.9. The molecule has 32 heavy (non-hydrogen) atoms. The smallest absolute Gasteiger partial charge is 0.253 e. The molecule has 1 heterocycles. The summed E-state index contributed by atoms with van der Waals surface area (Å²) in [4.78, 5) is 30.5. The molecule has 1 atom stereocenters. The molecule has 1 N–H and O–H groups in total. The zero-order chi connectivity index (χ0) is 22.5. The Kier molecular flexibility index (Phi) is 7.26. The van der Waals surface area contributed by atoms with Crippen LogP contribution in [0.1, 0.15) is 52.7 Å². The van der Waals surface area contributed by atoms with Crippen LogP contribution in [0.5, 0.6) is 0 Å². The predicted molar refractivity (Wildman–Crippen MR) is 127 cm³/mol. The van der Waals surface area contributed by atoms with Crippen LogP contribution in [-0.2, 0) is 11.3 Å². The highest BCUT2D eigenvalue weighted by atomic mass is 16.2. The molecule has 1 aliphatic heterocycles. The van der Waals surface area contributed by atoms with Gasteiger partial charge >= 0.3 is 0 Å². The summed E-state index contributed by atoms with van der Waals surface area (Å²) >= 11 is 0. The molecule has 5 heteroatoms. The van der Waals surface area contributed by atoms with Crippen LogP contribution < -0.4 is 5.32 Å². The highest BCUT2D eigenvalue weighted by molar-refractivity contribution is 5.94. The van der Waals surface area contributed by atoms with Crippen molar-refractivity contribution in [3.05, 3.63) is 70.8 Å². The number of aryl methyl sites for hydroxylation is 2. The molecule has 2 amide bonds. The number of nitrogens with one attached hydrogen (secondary N) is 1. The van der Waals surface area contributed by atoms with Gasteiger partial charge in [-0.25, -0.2) is 0 Å². The van der Waals surface area contributed by atoms with E-state index in [2.05, 4.69) is 35.3 Å². The summed E-state index contributed by atoms with van der Waals surface area (Å²) in [6.07, 6.45) is 4.65. The Morgan fingerprint density at radius 2 is 1.62 bits per heavy atom. The van der Waals surface area contributed by atoms with E-state index in [0.29, 0.717) is 25.6 Å². The van der Waals surface area contributed by atoms with Crippen molar-refractivity contribution in [1.29, 1.82) is 0 Å². The van der Waals surface area contributed by atoms with Crippen molar-refractivity contribution in [2.24, 2.45) is 5.92 Å². The van der Waals surface area contributed by atoms with Crippen molar-refractivity contribution in [2.75, 3.05) is 26.2 Å². The third-order valence-electron chi connectivity index (χ3n) is 6.96. The molecule has 1 saturated heterocycles. The van der Waals surface area contributed by atoms with Crippen LogP contribution in [0, 0.1) is 19.8 Å². The van der Waals surface area contributed by atoms with E-state index in [1.165, 1.54) is 18.4 Å². The zero-order valence-corrected chi connectivity index (χ0v) is 19.3. The van der Waals surface area contributed by atoms with Crippen LogP contribution in [0.3, 0.4) is 0 Å². The fourth-order valence-electron chi connectivity index (χ4n) is 5.15. The van der Waals surface area contributed by atoms with E-state index in [1.54, 1.807) is 0 Å². The summed E-state index contributed by atoms with van der Waals surface area (Å²) in [6, 6.07) is 16.0. The first-order valence-electron chi connectivity index (χ1n) is 11.9. The monoisotopic (exact) mass is 433 g/mol. The molecule has 2 aromatic carbocycles. The van der Waals surface area contributed by atoms with Gasteiger partial charge in [0.05, 0.1) is 6.04 Å². The van der Waals surface area contributed by atoms with Crippen LogP contribution in [0.4, 0.5) is 0 Å². The number of piperazine rings is 1. The van der Waals surface area contributed by atoms with Gasteiger partial charge in [-0.1, -0.05) is 60.4 Å². The Hall–Kier alpha value is -2.66. The summed E-state index contributed by atoms with van der Waals surface area (Å²) in [5.41, 5.74) is 4.24. The maximum absolute atomic E-state index is 13.3. The van der Waals surface area contributed by atoms with Crippen molar-refractivity contribution in [2.45, 2.75) is 52.1 Å². The molecule has 2 aliphatic rings. The van der Waals surface area contributed by atoms with Crippen molar-refractivity contribution in [3.63, 3.8) is 0 Å². The average molecular weight is 434 g/mol. The minimum Gasteiger partial charge on any atom is -0.351 e. The molecule has 0 bridgehead atoms. The van der Waals surface area contributed by atoms with Gasteiger partial charge in [-0.3, -0.25) is 14.5 Å². The van der Waals surface area contributed by atoms with Gasteiger partial charge in [0.2, 0.25) is 5.91 Å². The molecule has 0 aromatic heterocycles. The molecule has 5 nitrogen and oxygen atoms in total. The van der Waals surface area contributed by atoms with Crippen molar-refractivity contribution >= 4 is 11.8 Å². The lowest BCUT2D eigenvalue weighted by Gasteiger charge is -2.40. The van der Waals surface area contributed by atoms with Crippen molar-refractivity contribution in [3.8, 4) is 0 Å². The summed E-state index contributed by atoms with van der Waals surface area (Å²) < 4.78 is 0. The summed E-state index contributed by atoms with van der Waals surface area (Å²) in [6.45, 7) is 7.50. The number of hydrogen-bond acceptors (Lipinski definition) is 3. The molecule has 2 fully saturated rings. The van der Waals surface area contributed by atoms with Gasteiger partial charge in [-0.05, 0) is 50.3 Å². The number of hydrogen-bond donors (Lipinski definition) is 1. The highest BCUT2D eigenvalue weighted by Crippen LogP contribution is 2.31. The molecular weight excluding hydrogens is 398 g/mol. The van der Waals surface area contributed by atoms with Crippen LogP contribution >= 0.6 is 0 Å². The Morgan fingerprint density at radius 3 is 2.28 bits per heavy atom. The first-order chi connectivity index (χ1) is 15.5. The third kappa shape index (κ3) is 5.39. The van der Waals surface area contributed by atoms with E-state index in [-0.39, 0.29) is 17.9 Å². The lowest BCUT2D eigenvalue weighted by molar-refractivity contribution is -0.129. The molecular formula is C27H35N3O2. The Morgan fingerprint density at radius 1 is 0.938 bits per heavy atom. The summed E-state index contributed by atoms with van der Waals surface area (Å²) in [5.74, 6) is 0.634. The normalized spacial score (nSPS) is 18.5. The molecule has 0 radical (unpaired) electrons. The largest absolute Gasteiger partial charge is 0.351 e. The molecule has 4 rings (SSSR count). The van der Waals surface area contributed by atoms with Crippen LogP contribution in [0.15, 0.2) is 48.5 Å². The Balaban J connectivity index is 1.38. The molecule has 1 saturated carbocycles.